The van der Waals surface area contributed by atoms with Gasteiger partial charge < -0.3 is 4.74 Å². The average Bonchev–Trinajstić information content (AvgIpc) is 2.64. The predicted octanol–water partition coefficient (Wildman–Crippen LogP) is 4.20. The maximum Gasteiger partial charge on any atom is 0.263 e. The van der Waals surface area contributed by atoms with Crippen LogP contribution in [0, 0.1) is 11.3 Å². The highest BCUT2D eigenvalue weighted by Gasteiger charge is 2.16. The molecule has 0 amide bonds. The number of pyridine rings is 1. The number of para-hydroxylation sites is 1. The van der Waals surface area contributed by atoms with Crippen LogP contribution in [-0.2, 0) is 10.0 Å². The van der Waals surface area contributed by atoms with Crippen LogP contribution in [0.5, 0.6) is 11.5 Å². The molecule has 0 aliphatic heterocycles. The number of benzene rings is 2. The van der Waals surface area contributed by atoms with Crippen LogP contribution in [0.1, 0.15) is 5.56 Å². The lowest BCUT2D eigenvalue weighted by atomic mass is 10.2. The number of hydrogen-bond donors (Lipinski definition) is 1. The molecule has 3 aromatic rings. The molecular weight excluding hydrogens is 374 g/mol. The van der Waals surface area contributed by atoms with Gasteiger partial charge in [0.2, 0.25) is 0 Å². The van der Waals surface area contributed by atoms with E-state index in [9.17, 15) is 8.42 Å². The van der Waals surface area contributed by atoms with Gasteiger partial charge in [-0.25, -0.2) is 13.4 Å². The maximum absolute atomic E-state index is 12.4. The molecule has 0 aliphatic rings. The molecule has 26 heavy (non-hydrogen) atoms. The largest absolute Gasteiger partial charge is 0.456 e. The van der Waals surface area contributed by atoms with Crippen molar-refractivity contribution >= 4 is 27.4 Å². The molecule has 6 nitrogen and oxygen atoms in total. The van der Waals surface area contributed by atoms with Gasteiger partial charge in [-0.05, 0) is 42.5 Å². The number of aromatic nitrogens is 1. The molecular formula is C18H12ClN3O3S. The van der Waals surface area contributed by atoms with E-state index in [2.05, 4.69) is 9.71 Å². The minimum absolute atomic E-state index is 0.0621. The number of nitrogens with one attached hydrogen (secondary N) is 1. The molecule has 1 heterocycles. The molecule has 0 radical (unpaired) electrons. The number of nitrogens with zero attached hydrogens (tertiary/aromatic N) is 2. The van der Waals surface area contributed by atoms with Crippen LogP contribution in [0.4, 0.5) is 5.82 Å². The second kappa shape index (κ2) is 7.44. The van der Waals surface area contributed by atoms with Gasteiger partial charge in [0.1, 0.15) is 23.4 Å². The van der Waals surface area contributed by atoms with Crippen molar-refractivity contribution in [1.29, 1.82) is 5.26 Å². The van der Waals surface area contributed by atoms with Gasteiger partial charge in [-0.1, -0.05) is 29.8 Å². The third-order valence-corrected chi connectivity index (χ3v) is 4.99. The van der Waals surface area contributed by atoms with E-state index in [1.165, 1.54) is 30.5 Å². The minimum atomic E-state index is -3.88. The number of ether oxygens (including phenoxy) is 1. The van der Waals surface area contributed by atoms with E-state index >= 15 is 0 Å². The van der Waals surface area contributed by atoms with Crippen LogP contribution < -0.4 is 9.46 Å². The Morgan fingerprint density at radius 1 is 1.04 bits per heavy atom. The van der Waals surface area contributed by atoms with E-state index in [-0.39, 0.29) is 21.3 Å². The Hall–Kier alpha value is -3.08. The van der Waals surface area contributed by atoms with Crippen LogP contribution in [0.2, 0.25) is 5.02 Å². The molecule has 8 heteroatoms. The summed E-state index contributed by atoms with van der Waals surface area (Å²) in [5.41, 5.74) is 0.200. The Labute approximate surface area is 155 Å². The quantitative estimate of drug-likeness (QED) is 0.710. The summed E-state index contributed by atoms with van der Waals surface area (Å²) >= 11 is 5.89. The molecule has 1 aromatic heterocycles. The van der Waals surface area contributed by atoms with Crippen molar-refractivity contribution in [3.05, 3.63) is 77.4 Å². The number of rotatable bonds is 5. The molecule has 3 rings (SSSR count). The minimum Gasteiger partial charge on any atom is -0.456 e. The van der Waals surface area contributed by atoms with E-state index in [0.29, 0.717) is 11.5 Å². The molecule has 0 saturated heterocycles. The summed E-state index contributed by atoms with van der Waals surface area (Å²) < 4.78 is 32.8. The Balaban J connectivity index is 1.76. The third-order valence-electron chi connectivity index (χ3n) is 3.33. The van der Waals surface area contributed by atoms with Crippen LogP contribution in [0.25, 0.3) is 0 Å². The molecule has 0 unspecified atom stereocenters. The van der Waals surface area contributed by atoms with Crippen molar-refractivity contribution in [2.75, 3.05) is 4.72 Å². The fourth-order valence-electron chi connectivity index (χ4n) is 2.08. The summed E-state index contributed by atoms with van der Waals surface area (Å²) in [5, 5.41) is 8.92. The van der Waals surface area contributed by atoms with Gasteiger partial charge in [0.25, 0.3) is 10.0 Å². The van der Waals surface area contributed by atoms with Crippen molar-refractivity contribution in [2.24, 2.45) is 0 Å². The number of nitriles is 1. The van der Waals surface area contributed by atoms with Crippen LogP contribution >= 0.6 is 11.6 Å². The highest BCUT2D eigenvalue weighted by Crippen LogP contribution is 2.24. The standard InChI is InChI=1S/C18H12ClN3O3S/c19-17-10-16(8-6-13(17)11-20)26(23,24)22-18-9-7-15(12-21-18)25-14-4-2-1-3-5-14/h1-10,12H,(H,21,22). The van der Waals surface area contributed by atoms with Gasteiger partial charge in [-0.3, -0.25) is 4.72 Å². The SMILES string of the molecule is N#Cc1ccc(S(=O)(=O)Nc2ccc(Oc3ccccc3)cn2)cc1Cl. The summed E-state index contributed by atoms with van der Waals surface area (Å²) in [4.78, 5) is 3.98. The van der Waals surface area contributed by atoms with Crippen molar-refractivity contribution in [2.45, 2.75) is 4.90 Å². The van der Waals surface area contributed by atoms with E-state index < -0.39 is 10.0 Å². The van der Waals surface area contributed by atoms with Gasteiger partial charge in [-0.2, -0.15) is 5.26 Å². The third kappa shape index (κ3) is 4.11. The van der Waals surface area contributed by atoms with E-state index in [4.69, 9.17) is 21.6 Å². The summed E-state index contributed by atoms with van der Waals surface area (Å²) in [7, 11) is -3.88. The first-order valence-corrected chi connectivity index (χ1v) is 9.25. The smallest absolute Gasteiger partial charge is 0.263 e. The van der Waals surface area contributed by atoms with Crippen molar-refractivity contribution in [1.82, 2.24) is 4.98 Å². The van der Waals surface area contributed by atoms with Crippen LogP contribution in [-0.4, -0.2) is 13.4 Å². The molecule has 130 valence electrons. The predicted molar refractivity (Wildman–Crippen MR) is 97.7 cm³/mol. The number of halogens is 1. The number of hydrogen-bond acceptors (Lipinski definition) is 5. The molecule has 0 spiro atoms. The van der Waals surface area contributed by atoms with Gasteiger partial charge in [-0.15, -0.1) is 0 Å². The second-order valence-electron chi connectivity index (χ2n) is 5.15. The first kappa shape index (κ1) is 17.7. The van der Waals surface area contributed by atoms with Crippen LogP contribution in [0.15, 0.2) is 71.8 Å². The molecule has 0 aliphatic carbocycles. The lowest BCUT2D eigenvalue weighted by Crippen LogP contribution is -2.14. The van der Waals surface area contributed by atoms with Gasteiger partial charge in [0.15, 0.2) is 0 Å². The highest BCUT2D eigenvalue weighted by atomic mass is 35.5. The lowest BCUT2D eigenvalue weighted by Gasteiger charge is -2.09. The monoisotopic (exact) mass is 385 g/mol. The molecule has 0 atom stereocenters. The molecule has 0 saturated carbocycles. The fourth-order valence-corrected chi connectivity index (χ4v) is 3.40. The van der Waals surface area contributed by atoms with E-state index in [1.807, 2.05) is 24.3 Å². The Morgan fingerprint density at radius 2 is 1.81 bits per heavy atom. The van der Waals surface area contributed by atoms with E-state index in [0.717, 1.165) is 0 Å². The summed E-state index contributed by atoms with van der Waals surface area (Å²) in [6.07, 6.45) is 1.41. The highest BCUT2D eigenvalue weighted by molar-refractivity contribution is 7.92. The van der Waals surface area contributed by atoms with Crippen molar-refractivity contribution in [3.8, 4) is 17.6 Å². The normalized spacial score (nSPS) is 10.8. The van der Waals surface area contributed by atoms with Crippen molar-refractivity contribution in [3.63, 3.8) is 0 Å². The van der Waals surface area contributed by atoms with E-state index in [1.54, 1.807) is 18.2 Å². The zero-order valence-corrected chi connectivity index (χ0v) is 14.8. The van der Waals surface area contributed by atoms with Gasteiger partial charge in [0, 0.05) is 0 Å². The first-order chi connectivity index (χ1) is 12.5. The number of anilines is 1. The van der Waals surface area contributed by atoms with Gasteiger partial charge >= 0.3 is 0 Å². The van der Waals surface area contributed by atoms with Crippen LogP contribution in [0.3, 0.4) is 0 Å². The summed E-state index contributed by atoms with van der Waals surface area (Å²) in [6, 6.07) is 18.0. The molecule has 1 N–H and O–H groups in total. The Kier molecular flexibility index (Phi) is 5.07. The molecule has 0 bridgehead atoms. The zero-order chi connectivity index (χ0) is 18.6. The lowest BCUT2D eigenvalue weighted by molar-refractivity contribution is 0.480. The first-order valence-electron chi connectivity index (χ1n) is 7.39. The Bertz CT molecular complexity index is 1060. The molecule has 2 aromatic carbocycles. The average molecular weight is 386 g/mol. The fraction of sp³-hybridized carbons (Fsp3) is 0. The van der Waals surface area contributed by atoms with Crippen molar-refractivity contribution < 1.29 is 13.2 Å². The zero-order valence-electron chi connectivity index (χ0n) is 13.3. The number of sulfonamides is 1. The second-order valence-corrected chi connectivity index (χ2v) is 7.24. The Morgan fingerprint density at radius 3 is 2.42 bits per heavy atom. The topological polar surface area (TPSA) is 92.1 Å². The summed E-state index contributed by atoms with van der Waals surface area (Å²) in [5.74, 6) is 1.25. The summed E-state index contributed by atoms with van der Waals surface area (Å²) in [6.45, 7) is 0. The maximum atomic E-state index is 12.4. The molecule has 0 fully saturated rings. The van der Waals surface area contributed by atoms with Gasteiger partial charge in [0.05, 0.1) is 21.7 Å².